The van der Waals surface area contributed by atoms with E-state index in [-0.39, 0.29) is 17.5 Å². The molecule has 0 amide bonds. The second kappa shape index (κ2) is 4.50. The first-order valence-electron chi connectivity index (χ1n) is 5.79. The zero-order chi connectivity index (χ0) is 11.7. The van der Waals surface area contributed by atoms with E-state index in [2.05, 4.69) is 5.32 Å². The molecule has 88 valence electrons. The molecular formula is C13H17F2N. The molecule has 2 unspecified atom stereocenters. The van der Waals surface area contributed by atoms with Crippen LogP contribution < -0.4 is 5.32 Å². The lowest BCUT2D eigenvalue weighted by Gasteiger charge is -2.22. The van der Waals surface area contributed by atoms with Crippen molar-refractivity contribution in [1.82, 2.24) is 5.32 Å². The maximum atomic E-state index is 13.5. The molecule has 0 aromatic heterocycles. The lowest BCUT2D eigenvalue weighted by atomic mass is 9.93. The maximum Gasteiger partial charge on any atom is 0.129 e. The van der Waals surface area contributed by atoms with Crippen molar-refractivity contribution in [3.8, 4) is 0 Å². The minimum Gasteiger partial charge on any atom is -0.311 e. The Labute approximate surface area is 94.9 Å². The predicted molar refractivity (Wildman–Crippen MR) is 60.4 cm³/mol. The van der Waals surface area contributed by atoms with E-state index in [1.54, 1.807) is 0 Å². The normalized spacial score (nSPS) is 19.5. The fourth-order valence-corrected chi connectivity index (χ4v) is 1.96. The number of halogens is 2. The van der Waals surface area contributed by atoms with Gasteiger partial charge in [0, 0.05) is 23.6 Å². The van der Waals surface area contributed by atoms with Crippen molar-refractivity contribution < 1.29 is 8.78 Å². The van der Waals surface area contributed by atoms with Crippen LogP contribution >= 0.6 is 0 Å². The molecule has 16 heavy (non-hydrogen) atoms. The van der Waals surface area contributed by atoms with Gasteiger partial charge >= 0.3 is 0 Å². The summed E-state index contributed by atoms with van der Waals surface area (Å²) in [5.41, 5.74) is 0.197. The summed E-state index contributed by atoms with van der Waals surface area (Å²) >= 11 is 0. The van der Waals surface area contributed by atoms with Crippen LogP contribution in [0.5, 0.6) is 0 Å². The number of hydrogen-bond donors (Lipinski definition) is 1. The van der Waals surface area contributed by atoms with Gasteiger partial charge in [0.15, 0.2) is 0 Å². The van der Waals surface area contributed by atoms with Gasteiger partial charge in [0.1, 0.15) is 11.6 Å². The summed E-state index contributed by atoms with van der Waals surface area (Å²) in [6.45, 7) is 3.84. The molecule has 0 spiro atoms. The van der Waals surface area contributed by atoms with Crippen LogP contribution in [0, 0.1) is 11.6 Å². The van der Waals surface area contributed by atoms with E-state index in [9.17, 15) is 8.78 Å². The number of benzene rings is 1. The van der Waals surface area contributed by atoms with Gasteiger partial charge in [-0.2, -0.15) is 0 Å². The monoisotopic (exact) mass is 225 g/mol. The van der Waals surface area contributed by atoms with Crippen molar-refractivity contribution >= 4 is 0 Å². The largest absolute Gasteiger partial charge is 0.311 e. The maximum absolute atomic E-state index is 13.5. The lowest BCUT2D eigenvalue weighted by molar-refractivity contribution is 0.443. The van der Waals surface area contributed by atoms with Gasteiger partial charge in [0.05, 0.1) is 0 Å². The molecule has 1 aromatic rings. The van der Waals surface area contributed by atoms with Gasteiger partial charge in [-0.05, 0) is 31.9 Å². The third-order valence-corrected chi connectivity index (χ3v) is 3.28. The molecule has 1 aromatic carbocycles. The summed E-state index contributed by atoms with van der Waals surface area (Å²) < 4.78 is 27.1. The van der Waals surface area contributed by atoms with E-state index in [0.29, 0.717) is 6.04 Å². The molecule has 2 rings (SSSR count). The highest BCUT2D eigenvalue weighted by Crippen LogP contribution is 2.28. The van der Waals surface area contributed by atoms with Gasteiger partial charge in [0.25, 0.3) is 0 Å². The molecular weight excluding hydrogens is 208 g/mol. The van der Waals surface area contributed by atoms with Crippen molar-refractivity contribution in [3.05, 3.63) is 35.4 Å². The van der Waals surface area contributed by atoms with E-state index >= 15 is 0 Å². The molecule has 1 aliphatic carbocycles. The molecule has 0 aliphatic heterocycles. The van der Waals surface area contributed by atoms with Gasteiger partial charge in [-0.25, -0.2) is 8.78 Å². The summed E-state index contributed by atoms with van der Waals surface area (Å²) in [4.78, 5) is 0. The van der Waals surface area contributed by atoms with Crippen LogP contribution in [0.15, 0.2) is 18.2 Å². The summed E-state index contributed by atoms with van der Waals surface area (Å²) in [7, 11) is 0. The smallest absolute Gasteiger partial charge is 0.129 e. The third kappa shape index (κ3) is 2.40. The third-order valence-electron chi connectivity index (χ3n) is 3.28. The molecule has 2 atom stereocenters. The zero-order valence-corrected chi connectivity index (χ0v) is 9.63. The highest BCUT2D eigenvalue weighted by molar-refractivity contribution is 5.24. The molecule has 0 radical (unpaired) electrons. The highest BCUT2D eigenvalue weighted by atomic mass is 19.1. The Morgan fingerprint density at radius 1 is 1.19 bits per heavy atom. The molecule has 0 heterocycles. The molecule has 0 bridgehead atoms. The van der Waals surface area contributed by atoms with E-state index in [1.807, 2.05) is 13.8 Å². The SMILES string of the molecule is CC(NC1CC1)C(C)c1c(F)cccc1F. The Morgan fingerprint density at radius 2 is 1.75 bits per heavy atom. The topological polar surface area (TPSA) is 12.0 Å². The molecule has 1 N–H and O–H groups in total. The first-order valence-corrected chi connectivity index (χ1v) is 5.79. The van der Waals surface area contributed by atoms with E-state index in [1.165, 1.54) is 31.0 Å². The Kier molecular flexibility index (Phi) is 3.24. The number of nitrogens with one attached hydrogen (secondary N) is 1. The average molecular weight is 225 g/mol. The van der Waals surface area contributed by atoms with Crippen LogP contribution in [0.3, 0.4) is 0 Å². The minimum atomic E-state index is -0.447. The number of hydrogen-bond acceptors (Lipinski definition) is 1. The fraction of sp³-hybridized carbons (Fsp3) is 0.538. The van der Waals surface area contributed by atoms with Gasteiger partial charge < -0.3 is 5.32 Å². The standard InChI is InChI=1S/C13H17F2N/c1-8(9(2)16-10-6-7-10)13-11(14)4-3-5-12(13)15/h3-5,8-10,16H,6-7H2,1-2H3. The van der Waals surface area contributed by atoms with Crippen molar-refractivity contribution in [2.45, 2.75) is 44.7 Å². The van der Waals surface area contributed by atoms with E-state index in [0.717, 1.165) is 0 Å². The van der Waals surface area contributed by atoms with Gasteiger partial charge in [-0.15, -0.1) is 0 Å². The molecule has 1 aliphatic rings. The van der Waals surface area contributed by atoms with Crippen molar-refractivity contribution in [1.29, 1.82) is 0 Å². The van der Waals surface area contributed by atoms with E-state index < -0.39 is 11.6 Å². The van der Waals surface area contributed by atoms with E-state index in [4.69, 9.17) is 0 Å². The molecule has 1 fully saturated rings. The summed E-state index contributed by atoms with van der Waals surface area (Å²) in [6.07, 6.45) is 2.35. The van der Waals surface area contributed by atoms with Crippen LogP contribution in [0.1, 0.15) is 38.2 Å². The Morgan fingerprint density at radius 3 is 2.25 bits per heavy atom. The van der Waals surface area contributed by atoms with Crippen LogP contribution in [0.2, 0.25) is 0 Å². The Balaban J connectivity index is 2.14. The average Bonchev–Trinajstić information content (AvgIpc) is 3.01. The van der Waals surface area contributed by atoms with Crippen molar-refractivity contribution in [2.75, 3.05) is 0 Å². The highest BCUT2D eigenvalue weighted by Gasteiger charge is 2.27. The molecule has 3 heteroatoms. The molecule has 0 saturated heterocycles. The number of rotatable bonds is 4. The first-order chi connectivity index (χ1) is 7.59. The van der Waals surface area contributed by atoms with Crippen LogP contribution in [0.25, 0.3) is 0 Å². The Bertz CT molecular complexity index is 354. The quantitative estimate of drug-likeness (QED) is 0.829. The summed E-state index contributed by atoms with van der Waals surface area (Å²) in [6, 6.07) is 4.68. The zero-order valence-electron chi connectivity index (χ0n) is 9.63. The van der Waals surface area contributed by atoms with Crippen LogP contribution in [-0.2, 0) is 0 Å². The van der Waals surface area contributed by atoms with Gasteiger partial charge in [-0.1, -0.05) is 13.0 Å². The van der Waals surface area contributed by atoms with Gasteiger partial charge in [-0.3, -0.25) is 0 Å². The first kappa shape index (κ1) is 11.5. The van der Waals surface area contributed by atoms with Gasteiger partial charge in [0.2, 0.25) is 0 Å². The molecule has 1 nitrogen and oxygen atoms in total. The minimum absolute atomic E-state index is 0.0962. The lowest BCUT2D eigenvalue weighted by Crippen LogP contribution is -2.33. The molecule has 1 saturated carbocycles. The summed E-state index contributed by atoms with van der Waals surface area (Å²) in [5.74, 6) is -1.05. The van der Waals surface area contributed by atoms with Crippen LogP contribution in [0.4, 0.5) is 8.78 Å². The Hall–Kier alpha value is -0.960. The predicted octanol–water partition coefficient (Wildman–Crippen LogP) is 3.21. The second-order valence-corrected chi connectivity index (χ2v) is 4.65. The van der Waals surface area contributed by atoms with Crippen molar-refractivity contribution in [2.24, 2.45) is 0 Å². The fourth-order valence-electron chi connectivity index (χ4n) is 1.96. The second-order valence-electron chi connectivity index (χ2n) is 4.65. The summed E-state index contributed by atoms with van der Waals surface area (Å²) in [5, 5.41) is 3.37. The van der Waals surface area contributed by atoms with Crippen LogP contribution in [-0.4, -0.2) is 12.1 Å². The van der Waals surface area contributed by atoms with Crippen molar-refractivity contribution in [3.63, 3.8) is 0 Å².